The molecule has 0 aliphatic carbocycles. The van der Waals surface area contributed by atoms with E-state index in [-0.39, 0.29) is 6.04 Å². The Labute approximate surface area is 117 Å². The lowest BCUT2D eigenvalue weighted by Gasteiger charge is -2.20. The molecule has 0 bridgehead atoms. The molecule has 1 unspecified atom stereocenters. The van der Waals surface area contributed by atoms with Crippen molar-refractivity contribution < 1.29 is 9.15 Å². The maximum absolute atomic E-state index is 6.03. The van der Waals surface area contributed by atoms with Gasteiger partial charge in [0.15, 0.2) is 5.22 Å². The lowest BCUT2D eigenvalue weighted by Crippen LogP contribution is -2.29. The number of methoxy groups -OCH3 is 1. The summed E-state index contributed by atoms with van der Waals surface area (Å²) in [5.41, 5.74) is 6.71. The lowest BCUT2D eigenvalue weighted by atomic mass is 9.96. The van der Waals surface area contributed by atoms with Gasteiger partial charge in [-0.25, -0.2) is 5.43 Å². The molecule has 5 heteroatoms. The molecule has 0 radical (unpaired) electrons. The molecule has 0 spiro atoms. The van der Waals surface area contributed by atoms with E-state index in [4.69, 9.17) is 26.6 Å². The Morgan fingerprint density at radius 3 is 2.53 bits per heavy atom. The molecule has 1 aromatic carbocycles. The summed E-state index contributed by atoms with van der Waals surface area (Å²) in [5.74, 6) is 6.48. The predicted molar refractivity (Wildman–Crippen MR) is 75.4 cm³/mol. The van der Waals surface area contributed by atoms with Crippen molar-refractivity contribution in [3.8, 4) is 5.75 Å². The number of nitrogens with two attached hydrogens (primary N) is 1. The third-order valence-corrected chi connectivity index (χ3v) is 3.65. The van der Waals surface area contributed by atoms with E-state index in [2.05, 4.69) is 5.43 Å². The fraction of sp³-hybridized carbons (Fsp3) is 0.286. The number of nitrogens with one attached hydrogen (secondary N) is 1. The largest absolute Gasteiger partial charge is 0.496 e. The first-order chi connectivity index (χ1) is 9.10. The summed E-state index contributed by atoms with van der Waals surface area (Å²) in [7, 11) is 1.65. The topological polar surface area (TPSA) is 60.4 Å². The molecule has 2 rings (SSSR count). The molecule has 0 saturated carbocycles. The van der Waals surface area contributed by atoms with Gasteiger partial charge in [-0.1, -0.05) is 12.1 Å². The van der Waals surface area contributed by atoms with Crippen LogP contribution in [0.3, 0.4) is 0 Å². The van der Waals surface area contributed by atoms with Crippen LogP contribution < -0.4 is 16.0 Å². The molecule has 1 atom stereocenters. The van der Waals surface area contributed by atoms with Crippen molar-refractivity contribution in [3.05, 3.63) is 51.9 Å². The Kier molecular flexibility index (Phi) is 4.14. The Bertz CT molecular complexity index is 581. The minimum absolute atomic E-state index is 0.277. The van der Waals surface area contributed by atoms with Gasteiger partial charge < -0.3 is 9.15 Å². The molecule has 4 nitrogen and oxygen atoms in total. The first-order valence-corrected chi connectivity index (χ1v) is 6.31. The second-order valence-corrected chi connectivity index (χ2v) is 4.72. The number of furan rings is 1. The first kappa shape index (κ1) is 13.9. The van der Waals surface area contributed by atoms with Crippen LogP contribution in [0.2, 0.25) is 5.22 Å². The molecule has 102 valence electrons. The monoisotopic (exact) mass is 280 g/mol. The number of hydrogen-bond donors (Lipinski definition) is 2. The van der Waals surface area contributed by atoms with Gasteiger partial charge in [-0.2, -0.15) is 0 Å². The molecule has 2 aromatic rings. The zero-order valence-electron chi connectivity index (χ0n) is 11.2. The van der Waals surface area contributed by atoms with E-state index in [1.165, 1.54) is 6.26 Å². The molecular formula is C14H17ClN2O2. The third kappa shape index (κ3) is 2.47. The van der Waals surface area contributed by atoms with Crippen LogP contribution in [0.5, 0.6) is 5.75 Å². The lowest BCUT2D eigenvalue weighted by molar-refractivity contribution is 0.400. The van der Waals surface area contributed by atoms with Crippen molar-refractivity contribution >= 4 is 11.6 Å². The van der Waals surface area contributed by atoms with Crippen molar-refractivity contribution in [2.45, 2.75) is 19.9 Å². The van der Waals surface area contributed by atoms with Gasteiger partial charge in [-0.3, -0.25) is 5.84 Å². The second kappa shape index (κ2) is 5.65. The summed E-state index contributed by atoms with van der Waals surface area (Å²) in [5, 5.41) is 0.322. The van der Waals surface area contributed by atoms with Crippen LogP contribution in [-0.4, -0.2) is 7.11 Å². The van der Waals surface area contributed by atoms with Crippen LogP contribution in [0.25, 0.3) is 0 Å². The van der Waals surface area contributed by atoms with Crippen LogP contribution in [0.1, 0.15) is 28.3 Å². The third-order valence-electron chi connectivity index (χ3n) is 3.35. The van der Waals surface area contributed by atoms with Crippen molar-refractivity contribution in [2.75, 3.05) is 7.11 Å². The number of benzene rings is 1. The van der Waals surface area contributed by atoms with E-state index in [1.54, 1.807) is 13.2 Å². The number of ether oxygens (including phenoxy) is 1. The van der Waals surface area contributed by atoms with Crippen LogP contribution in [0.15, 0.2) is 28.9 Å². The Hall–Kier alpha value is -1.49. The zero-order valence-corrected chi connectivity index (χ0v) is 11.9. The fourth-order valence-corrected chi connectivity index (χ4v) is 2.39. The van der Waals surface area contributed by atoms with Crippen LogP contribution in [0, 0.1) is 13.8 Å². The normalized spacial score (nSPS) is 12.5. The SMILES string of the molecule is COc1c(C(NN)c2ccoc2Cl)ccc(C)c1C. The molecule has 1 heterocycles. The molecular weight excluding hydrogens is 264 g/mol. The molecule has 0 aliphatic rings. The Balaban J connectivity index is 2.56. The quantitative estimate of drug-likeness (QED) is 0.667. The van der Waals surface area contributed by atoms with Crippen molar-refractivity contribution in [2.24, 2.45) is 5.84 Å². The number of hydrazine groups is 1. The second-order valence-electron chi connectivity index (χ2n) is 4.38. The molecule has 19 heavy (non-hydrogen) atoms. The van der Waals surface area contributed by atoms with Crippen molar-refractivity contribution in [1.29, 1.82) is 0 Å². The van der Waals surface area contributed by atoms with E-state index < -0.39 is 0 Å². The highest BCUT2D eigenvalue weighted by Crippen LogP contribution is 2.36. The smallest absolute Gasteiger partial charge is 0.198 e. The van der Waals surface area contributed by atoms with Gasteiger partial charge >= 0.3 is 0 Å². The van der Waals surface area contributed by atoms with Crippen molar-refractivity contribution in [1.82, 2.24) is 5.43 Å². The maximum Gasteiger partial charge on any atom is 0.198 e. The van der Waals surface area contributed by atoms with Crippen molar-refractivity contribution in [3.63, 3.8) is 0 Å². The average Bonchev–Trinajstić information content (AvgIpc) is 2.81. The predicted octanol–water partition coefficient (Wildman–Crippen LogP) is 3.11. The molecule has 0 saturated heterocycles. The van der Waals surface area contributed by atoms with Gasteiger partial charge in [0.2, 0.25) is 0 Å². The molecule has 1 aromatic heterocycles. The van der Waals surface area contributed by atoms with Gasteiger partial charge in [0, 0.05) is 11.1 Å². The summed E-state index contributed by atoms with van der Waals surface area (Å²) in [6.07, 6.45) is 1.54. The van der Waals surface area contributed by atoms with E-state index >= 15 is 0 Å². The highest BCUT2D eigenvalue weighted by atomic mass is 35.5. The first-order valence-electron chi connectivity index (χ1n) is 5.93. The molecule has 0 aliphatic heterocycles. The highest BCUT2D eigenvalue weighted by Gasteiger charge is 2.22. The van der Waals surface area contributed by atoms with E-state index in [0.717, 1.165) is 28.0 Å². The summed E-state index contributed by atoms with van der Waals surface area (Å²) in [6.45, 7) is 4.06. The molecule has 3 N–H and O–H groups in total. The summed E-state index contributed by atoms with van der Waals surface area (Å²) in [6, 6.07) is 5.53. The van der Waals surface area contributed by atoms with Gasteiger partial charge in [-0.05, 0) is 42.6 Å². The maximum atomic E-state index is 6.03. The zero-order chi connectivity index (χ0) is 14.0. The average molecular weight is 281 g/mol. The van der Waals surface area contributed by atoms with E-state index in [0.29, 0.717) is 5.22 Å². The van der Waals surface area contributed by atoms with Gasteiger partial charge in [0.05, 0.1) is 19.4 Å². The van der Waals surface area contributed by atoms with Crippen LogP contribution >= 0.6 is 11.6 Å². The number of aryl methyl sites for hydroxylation is 1. The van der Waals surface area contributed by atoms with Crippen LogP contribution in [-0.2, 0) is 0 Å². The number of halogens is 1. The van der Waals surface area contributed by atoms with Gasteiger partial charge in [-0.15, -0.1) is 0 Å². The molecule has 0 amide bonds. The number of hydrogen-bond acceptors (Lipinski definition) is 4. The summed E-state index contributed by atoms with van der Waals surface area (Å²) in [4.78, 5) is 0. The minimum atomic E-state index is -0.277. The summed E-state index contributed by atoms with van der Waals surface area (Å²) >= 11 is 6.03. The van der Waals surface area contributed by atoms with Crippen LogP contribution in [0.4, 0.5) is 0 Å². The highest BCUT2D eigenvalue weighted by molar-refractivity contribution is 6.29. The van der Waals surface area contributed by atoms with Gasteiger partial charge in [0.1, 0.15) is 5.75 Å². The van der Waals surface area contributed by atoms with E-state index in [9.17, 15) is 0 Å². The molecule has 0 fully saturated rings. The van der Waals surface area contributed by atoms with Gasteiger partial charge in [0.25, 0.3) is 0 Å². The Morgan fingerprint density at radius 1 is 1.26 bits per heavy atom. The summed E-state index contributed by atoms with van der Waals surface area (Å²) < 4.78 is 10.6. The standard InChI is InChI=1S/C14H17ClN2O2/c1-8-4-5-10(13(18-3)9(8)2)12(17-16)11-6-7-19-14(11)15/h4-7,12,17H,16H2,1-3H3. The van der Waals surface area contributed by atoms with E-state index in [1.807, 2.05) is 26.0 Å². The minimum Gasteiger partial charge on any atom is -0.496 e. The Morgan fingerprint density at radius 2 is 2.00 bits per heavy atom. The fourth-order valence-electron chi connectivity index (χ4n) is 2.17. The number of rotatable bonds is 4.